The van der Waals surface area contributed by atoms with E-state index in [0.717, 1.165) is 47.3 Å². The third kappa shape index (κ3) is 2.78. The zero-order valence-corrected chi connectivity index (χ0v) is 15.0. The summed E-state index contributed by atoms with van der Waals surface area (Å²) in [4.78, 5) is 21.1. The number of thiazole rings is 1. The lowest BCUT2D eigenvalue weighted by molar-refractivity contribution is 0.307. The van der Waals surface area contributed by atoms with E-state index in [-0.39, 0.29) is 5.56 Å². The third-order valence-electron chi connectivity index (χ3n) is 4.56. The van der Waals surface area contributed by atoms with Crippen LogP contribution in [0.15, 0.2) is 23.1 Å². The lowest BCUT2D eigenvalue weighted by Crippen LogP contribution is -2.24. The molecule has 4 rings (SSSR count). The highest BCUT2D eigenvalue weighted by Crippen LogP contribution is 2.24. The van der Waals surface area contributed by atoms with Gasteiger partial charge in [0, 0.05) is 42.5 Å². The van der Waals surface area contributed by atoms with Gasteiger partial charge < -0.3 is 0 Å². The van der Waals surface area contributed by atoms with Gasteiger partial charge in [-0.25, -0.2) is 4.98 Å². The fraction of sp³-hybridized carbons (Fsp3) is 0.471. The zero-order valence-electron chi connectivity index (χ0n) is 14.2. The van der Waals surface area contributed by atoms with Crippen molar-refractivity contribution < 1.29 is 0 Å². The fourth-order valence-corrected chi connectivity index (χ4v) is 4.39. The first-order valence-electron chi connectivity index (χ1n) is 8.23. The fourth-order valence-electron chi connectivity index (χ4n) is 3.54. The van der Waals surface area contributed by atoms with Crippen molar-refractivity contribution in [3.63, 3.8) is 0 Å². The van der Waals surface area contributed by atoms with Gasteiger partial charge in [0.15, 0.2) is 4.96 Å². The van der Waals surface area contributed by atoms with Gasteiger partial charge in [-0.15, -0.1) is 11.3 Å². The molecule has 0 amide bonds. The average molecular weight is 343 g/mol. The number of nitrogens with zero attached hydrogens (tertiary/aromatic N) is 5. The molecule has 3 aromatic heterocycles. The Kier molecular flexibility index (Phi) is 3.77. The largest absolute Gasteiger partial charge is 0.295 e. The maximum atomic E-state index is 12.2. The molecule has 0 N–H and O–H groups in total. The van der Waals surface area contributed by atoms with Crippen LogP contribution < -0.4 is 5.56 Å². The predicted octanol–water partition coefficient (Wildman–Crippen LogP) is 2.32. The van der Waals surface area contributed by atoms with Crippen molar-refractivity contribution in [3.05, 3.63) is 50.6 Å². The van der Waals surface area contributed by atoms with Crippen molar-refractivity contribution in [2.45, 2.75) is 39.8 Å². The van der Waals surface area contributed by atoms with Gasteiger partial charge in [0.2, 0.25) is 0 Å². The van der Waals surface area contributed by atoms with Gasteiger partial charge in [-0.1, -0.05) is 0 Å². The standard InChI is InChI=1S/C17H21N5OS/c1-11-6-12(2)22(19-11)15-4-5-20(10-15)9-14-7-16(23)21-8-13(3)24-17(21)18-14/h6-8,15H,4-5,9-10H2,1-3H3/t15-/m1/s1. The van der Waals surface area contributed by atoms with E-state index in [0.29, 0.717) is 6.04 Å². The van der Waals surface area contributed by atoms with Crippen LogP contribution in [0.2, 0.25) is 0 Å². The van der Waals surface area contributed by atoms with E-state index in [1.54, 1.807) is 21.8 Å². The highest BCUT2D eigenvalue weighted by atomic mass is 32.1. The lowest BCUT2D eigenvalue weighted by atomic mass is 10.2. The topological polar surface area (TPSA) is 55.4 Å². The minimum atomic E-state index is 0.00800. The van der Waals surface area contributed by atoms with Crippen LogP contribution in [0.25, 0.3) is 4.96 Å². The maximum Gasteiger partial charge on any atom is 0.258 e. The first-order chi connectivity index (χ1) is 11.5. The molecule has 0 aliphatic carbocycles. The van der Waals surface area contributed by atoms with Gasteiger partial charge in [0.25, 0.3) is 5.56 Å². The van der Waals surface area contributed by atoms with Crippen LogP contribution >= 0.6 is 11.3 Å². The zero-order chi connectivity index (χ0) is 16.8. The van der Waals surface area contributed by atoms with Crippen molar-refractivity contribution in [3.8, 4) is 0 Å². The second kappa shape index (κ2) is 5.82. The monoisotopic (exact) mass is 343 g/mol. The normalized spacial score (nSPS) is 18.7. The first-order valence-corrected chi connectivity index (χ1v) is 9.05. The van der Waals surface area contributed by atoms with E-state index >= 15 is 0 Å². The number of rotatable bonds is 3. The van der Waals surface area contributed by atoms with E-state index in [9.17, 15) is 4.79 Å². The Balaban J connectivity index is 1.52. The Morgan fingerprint density at radius 2 is 2.12 bits per heavy atom. The number of aryl methyl sites for hydroxylation is 3. The van der Waals surface area contributed by atoms with Crippen molar-refractivity contribution in [2.75, 3.05) is 13.1 Å². The van der Waals surface area contributed by atoms with E-state index in [2.05, 4.69) is 32.7 Å². The molecule has 126 valence electrons. The van der Waals surface area contributed by atoms with Crippen LogP contribution in [-0.4, -0.2) is 37.2 Å². The minimum Gasteiger partial charge on any atom is -0.295 e. The second-order valence-corrected chi connectivity index (χ2v) is 7.84. The van der Waals surface area contributed by atoms with Crippen LogP contribution in [0.4, 0.5) is 0 Å². The van der Waals surface area contributed by atoms with Crippen LogP contribution in [0, 0.1) is 20.8 Å². The molecule has 1 aliphatic heterocycles. The van der Waals surface area contributed by atoms with Gasteiger partial charge >= 0.3 is 0 Å². The van der Waals surface area contributed by atoms with Crippen LogP contribution in [-0.2, 0) is 6.54 Å². The Bertz CT molecular complexity index is 954. The minimum absolute atomic E-state index is 0.00800. The van der Waals surface area contributed by atoms with Gasteiger partial charge in [-0.2, -0.15) is 5.10 Å². The quantitative estimate of drug-likeness (QED) is 0.732. The van der Waals surface area contributed by atoms with Gasteiger partial charge in [-0.05, 0) is 33.3 Å². The highest BCUT2D eigenvalue weighted by molar-refractivity contribution is 7.16. The number of hydrogen-bond donors (Lipinski definition) is 0. The summed E-state index contributed by atoms with van der Waals surface area (Å²) in [6, 6.07) is 4.20. The molecule has 0 aromatic carbocycles. The number of fused-ring (bicyclic) bond motifs is 1. The predicted molar refractivity (Wildman–Crippen MR) is 94.7 cm³/mol. The highest BCUT2D eigenvalue weighted by Gasteiger charge is 2.26. The first kappa shape index (κ1) is 15.5. The lowest BCUT2D eigenvalue weighted by Gasteiger charge is -2.16. The summed E-state index contributed by atoms with van der Waals surface area (Å²) >= 11 is 1.56. The Morgan fingerprint density at radius 1 is 1.29 bits per heavy atom. The SMILES string of the molecule is Cc1cc(C)n([C@@H]2CCN(Cc3cc(=O)n4cc(C)sc4n3)C2)n1. The summed E-state index contributed by atoms with van der Waals surface area (Å²) in [5.74, 6) is 0. The maximum absolute atomic E-state index is 12.2. The molecule has 7 heteroatoms. The van der Waals surface area contributed by atoms with Crippen molar-refractivity contribution in [1.29, 1.82) is 0 Å². The van der Waals surface area contributed by atoms with E-state index in [1.165, 1.54) is 5.69 Å². The van der Waals surface area contributed by atoms with Crippen molar-refractivity contribution in [1.82, 2.24) is 24.1 Å². The average Bonchev–Trinajstić information content (AvgIpc) is 3.18. The molecule has 1 fully saturated rings. The van der Waals surface area contributed by atoms with Crippen molar-refractivity contribution in [2.24, 2.45) is 0 Å². The van der Waals surface area contributed by atoms with Gasteiger partial charge in [-0.3, -0.25) is 18.8 Å². The number of hydrogen-bond acceptors (Lipinski definition) is 5. The third-order valence-corrected chi connectivity index (χ3v) is 5.46. The molecule has 1 atom stereocenters. The summed E-state index contributed by atoms with van der Waals surface area (Å²) in [6.45, 7) is 8.82. The molecule has 1 saturated heterocycles. The van der Waals surface area contributed by atoms with E-state index < -0.39 is 0 Å². The molecule has 1 aliphatic rings. The molecule has 3 aromatic rings. The number of aromatic nitrogens is 4. The molecule has 0 saturated carbocycles. The molecule has 0 bridgehead atoms. The van der Waals surface area contributed by atoms with Crippen molar-refractivity contribution >= 4 is 16.3 Å². The Morgan fingerprint density at radius 3 is 2.88 bits per heavy atom. The molecule has 0 spiro atoms. The van der Waals surface area contributed by atoms with Crippen LogP contribution in [0.5, 0.6) is 0 Å². The molecular weight excluding hydrogens is 322 g/mol. The molecular formula is C17H21N5OS. The molecule has 6 nitrogen and oxygen atoms in total. The summed E-state index contributed by atoms with van der Waals surface area (Å²) in [5.41, 5.74) is 3.15. The second-order valence-electron chi connectivity index (χ2n) is 6.63. The summed E-state index contributed by atoms with van der Waals surface area (Å²) in [5, 5.41) is 4.61. The van der Waals surface area contributed by atoms with E-state index in [1.807, 2.05) is 20.0 Å². The molecule has 4 heterocycles. The molecule has 0 radical (unpaired) electrons. The van der Waals surface area contributed by atoms with Gasteiger partial charge in [0.05, 0.1) is 17.4 Å². The summed E-state index contributed by atoms with van der Waals surface area (Å²) < 4.78 is 3.77. The van der Waals surface area contributed by atoms with Crippen LogP contribution in [0.1, 0.15) is 34.4 Å². The smallest absolute Gasteiger partial charge is 0.258 e. The van der Waals surface area contributed by atoms with Gasteiger partial charge in [0.1, 0.15) is 0 Å². The summed E-state index contributed by atoms with van der Waals surface area (Å²) in [6.07, 6.45) is 2.94. The van der Waals surface area contributed by atoms with E-state index in [4.69, 9.17) is 0 Å². The Labute approximate surface area is 144 Å². The summed E-state index contributed by atoms with van der Waals surface area (Å²) in [7, 11) is 0. The molecule has 24 heavy (non-hydrogen) atoms. The number of likely N-dealkylation sites (tertiary alicyclic amines) is 1. The van der Waals surface area contributed by atoms with Crippen LogP contribution in [0.3, 0.4) is 0 Å². The molecule has 0 unspecified atom stereocenters. The Hall–Kier alpha value is -1.99.